The molecule has 2 heterocycles. The predicted molar refractivity (Wildman–Crippen MR) is 188 cm³/mol. The summed E-state index contributed by atoms with van der Waals surface area (Å²) in [5.41, 5.74) is 2.08. The quantitative estimate of drug-likeness (QED) is 0.156. The van der Waals surface area contributed by atoms with Crippen LogP contribution in [0.2, 0.25) is 15.1 Å². The Morgan fingerprint density at radius 2 is 1.69 bits per heavy atom. The molecule has 49 heavy (non-hydrogen) atoms. The third kappa shape index (κ3) is 8.13. The predicted octanol–water partition coefficient (Wildman–Crippen LogP) is 6.29. The number of rotatable bonds is 12. The van der Waals surface area contributed by atoms with E-state index in [1.807, 2.05) is 0 Å². The molecule has 14 heteroatoms. The van der Waals surface area contributed by atoms with Crippen LogP contribution in [-0.2, 0) is 25.7 Å². The molecule has 1 atom stereocenters. The van der Waals surface area contributed by atoms with E-state index in [9.17, 15) is 14.4 Å². The lowest BCUT2D eigenvalue weighted by molar-refractivity contribution is -0.143. The Morgan fingerprint density at radius 3 is 2.41 bits per heavy atom. The van der Waals surface area contributed by atoms with Crippen LogP contribution in [0.3, 0.4) is 0 Å². The number of hydrogen-bond acceptors (Lipinski definition) is 10. The molecule has 10 nitrogen and oxygen atoms in total. The molecular weight excluding hydrogens is 715 g/mol. The van der Waals surface area contributed by atoms with Gasteiger partial charge in [-0.2, -0.15) is 0 Å². The van der Waals surface area contributed by atoms with Gasteiger partial charge in [-0.3, -0.25) is 9.36 Å². The largest absolute Gasteiger partial charge is 0.490 e. The van der Waals surface area contributed by atoms with Gasteiger partial charge in [0.1, 0.15) is 12.4 Å². The molecule has 0 saturated carbocycles. The molecule has 1 aliphatic rings. The maximum absolute atomic E-state index is 14.3. The van der Waals surface area contributed by atoms with Gasteiger partial charge in [0.05, 0.1) is 52.2 Å². The zero-order valence-electron chi connectivity index (χ0n) is 26.9. The van der Waals surface area contributed by atoms with Crippen molar-refractivity contribution >= 4 is 64.2 Å². The summed E-state index contributed by atoms with van der Waals surface area (Å²) in [6.07, 6.45) is 1.68. The molecule has 1 aliphatic heterocycles. The fraction of sp³-hybridized carbons (Fsp3) is 0.257. The summed E-state index contributed by atoms with van der Waals surface area (Å²) in [4.78, 5) is 44.4. The Morgan fingerprint density at radius 1 is 0.918 bits per heavy atom. The van der Waals surface area contributed by atoms with Crippen molar-refractivity contribution in [2.45, 2.75) is 33.4 Å². The van der Waals surface area contributed by atoms with Crippen molar-refractivity contribution in [1.82, 2.24) is 4.57 Å². The first-order valence-corrected chi connectivity index (χ1v) is 17.0. The lowest BCUT2D eigenvalue weighted by Gasteiger charge is -2.25. The summed E-state index contributed by atoms with van der Waals surface area (Å²) in [6, 6.07) is 14.4. The number of aromatic nitrogens is 1. The number of methoxy groups -OCH3 is 1. The van der Waals surface area contributed by atoms with Gasteiger partial charge in [-0.15, -0.1) is 0 Å². The van der Waals surface area contributed by atoms with Crippen LogP contribution in [0, 0.1) is 0 Å². The van der Waals surface area contributed by atoms with E-state index in [4.69, 9.17) is 53.8 Å². The van der Waals surface area contributed by atoms with Crippen LogP contribution < -0.4 is 29.1 Å². The van der Waals surface area contributed by atoms with Crippen molar-refractivity contribution in [3.05, 3.63) is 117 Å². The number of carbonyl (C=O) groups is 2. The Hall–Kier alpha value is -4.29. The molecule has 0 unspecified atom stereocenters. The molecule has 0 radical (unpaired) electrons. The number of esters is 2. The summed E-state index contributed by atoms with van der Waals surface area (Å²) in [6.45, 7) is 5.45. The monoisotopic (exact) mass is 744 g/mol. The van der Waals surface area contributed by atoms with Gasteiger partial charge in [-0.05, 0) is 80.4 Å². The van der Waals surface area contributed by atoms with Gasteiger partial charge in [-0.25, -0.2) is 14.6 Å². The standard InChI is InChI=1S/C35H31Cl3N2O8S/c1-5-45-28-15-21(8-11-27(28)48-18-30(41)44-4)32-31(34(43)46-6-2)19(3)39-35-40(32)33(42)29(49-35)16-22-14-23(36)9-12-26(22)47-17-20-7-10-24(37)25(38)13-20/h7-16,32H,5-6,17-18H2,1-4H3/b29-16+/t32-/m1/s1. The fourth-order valence-electron chi connectivity index (χ4n) is 5.08. The van der Waals surface area contributed by atoms with Crippen molar-refractivity contribution in [3.8, 4) is 17.2 Å². The minimum absolute atomic E-state index is 0.122. The first-order valence-electron chi connectivity index (χ1n) is 15.1. The zero-order valence-corrected chi connectivity index (χ0v) is 30.0. The van der Waals surface area contributed by atoms with Gasteiger partial charge < -0.3 is 23.7 Å². The number of thiazole rings is 1. The van der Waals surface area contributed by atoms with Crippen LogP contribution in [0.1, 0.15) is 43.5 Å². The van der Waals surface area contributed by atoms with E-state index in [0.717, 1.165) is 16.9 Å². The highest BCUT2D eigenvalue weighted by atomic mass is 35.5. The first kappa shape index (κ1) is 36.0. The minimum Gasteiger partial charge on any atom is -0.490 e. The normalized spacial score (nSPS) is 14.2. The van der Waals surface area contributed by atoms with Crippen molar-refractivity contribution < 1.29 is 33.3 Å². The Labute approximate surface area is 300 Å². The van der Waals surface area contributed by atoms with Crippen molar-refractivity contribution in [2.75, 3.05) is 26.9 Å². The second-order valence-corrected chi connectivity index (χ2v) is 12.8. The maximum Gasteiger partial charge on any atom is 0.343 e. The number of allylic oxidation sites excluding steroid dienone is 1. The highest BCUT2D eigenvalue weighted by Gasteiger charge is 2.34. The van der Waals surface area contributed by atoms with Gasteiger partial charge in [0.25, 0.3) is 5.56 Å². The molecular formula is C35H31Cl3N2O8S. The van der Waals surface area contributed by atoms with Gasteiger partial charge >= 0.3 is 11.9 Å². The van der Waals surface area contributed by atoms with Gasteiger partial charge in [0.2, 0.25) is 0 Å². The molecule has 5 rings (SSSR count). The molecule has 1 aromatic heterocycles. The average Bonchev–Trinajstić information content (AvgIpc) is 3.38. The molecule has 0 saturated heterocycles. The second kappa shape index (κ2) is 15.9. The molecule has 0 fully saturated rings. The molecule has 0 amide bonds. The van der Waals surface area contributed by atoms with E-state index in [-0.39, 0.29) is 37.8 Å². The maximum atomic E-state index is 14.3. The van der Waals surface area contributed by atoms with Crippen molar-refractivity contribution in [2.24, 2.45) is 4.99 Å². The van der Waals surface area contributed by atoms with Crippen LogP contribution in [0.5, 0.6) is 17.2 Å². The van der Waals surface area contributed by atoms with E-state index < -0.39 is 23.5 Å². The van der Waals surface area contributed by atoms with E-state index in [1.54, 1.807) is 81.4 Å². The van der Waals surface area contributed by atoms with Crippen LogP contribution >= 0.6 is 46.1 Å². The summed E-state index contributed by atoms with van der Waals surface area (Å²) < 4.78 is 29.5. The first-order chi connectivity index (χ1) is 23.5. The smallest absolute Gasteiger partial charge is 0.343 e. The van der Waals surface area contributed by atoms with E-state index in [2.05, 4.69) is 9.73 Å². The van der Waals surface area contributed by atoms with E-state index in [0.29, 0.717) is 52.7 Å². The number of ether oxygens (including phenoxy) is 5. The van der Waals surface area contributed by atoms with Crippen LogP contribution in [0.15, 0.2) is 75.7 Å². The second-order valence-electron chi connectivity index (χ2n) is 10.5. The number of benzene rings is 3. The molecule has 3 aromatic carbocycles. The topological polar surface area (TPSA) is 115 Å². The van der Waals surface area contributed by atoms with Crippen LogP contribution in [0.4, 0.5) is 0 Å². The Balaban J connectivity index is 1.61. The van der Waals surface area contributed by atoms with Crippen molar-refractivity contribution in [3.63, 3.8) is 0 Å². The fourth-order valence-corrected chi connectivity index (χ4v) is 6.62. The van der Waals surface area contributed by atoms with E-state index >= 15 is 0 Å². The number of hydrogen-bond donors (Lipinski definition) is 0. The SMILES string of the molecule is CCOC(=O)C1=C(C)N=c2s/c(=C/c3cc(Cl)ccc3OCc3ccc(Cl)c(Cl)c3)c(=O)n2[C@@H]1c1ccc(OCC(=O)OC)c(OCC)c1. The highest BCUT2D eigenvalue weighted by Crippen LogP contribution is 2.36. The zero-order chi connectivity index (χ0) is 35.2. The minimum atomic E-state index is -0.920. The molecule has 0 bridgehead atoms. The third-order valence-corrected chi connectivity index (χ3v) is 9.27. The van der Waals surface area contributed by atoms with Gasteiger partial charge in [0, 0.05) is 10.6 Å². The number of nitrogens with zero attached hydrogens (tertiary/aromatic N) is 2. The molecule has 0 aliphatic carbocycles. The average molecular weight is 746 g/mol. The number of fused-ring (bicyclic) bond motifs is 1. The lowest BCUT2D eigenvalue weighted by atomic mass is 9.95. The third-order valence-electron chi connectivity index (χ3n) is 7.31. The van der Waals surface area contributed by atoms with Gasteiger partial charge in [0.15, 0.2) is 22.9 Å². The summed E-state index contributed by atoms with van der Waals surface area (Å²) in [5.74, 6) is -0.0998. The summed E-state index contributed by atoms with van der Waals surface area (Å²) in [5, 5.41) is 1.28. The molecule has 0 spiro atoms. The number of carbonyl (C=O) groups excluding carboxylic acids is 2. The number of halogens is 3. The van der Waals surface area contributed by atoms with Gasteiger partial charge in [-0.1, -0.05) is 58.3 Å². The Bertz CT molecular complexity index is 2130. The van der Waals surface area contributed by atoms with Crippen molar-refractivity contribution in [1.29, 1.82) is 0 Å². The lowest BCUT2D eigenvalue weighted by Crippen LogP contribution is -2.40. The molecule has 0 N–H and O–H groups in total. The molecule has 256 valence electrons. The van der Waals surface area contributed by atoms with E-state index in [1.165, 1.54) is 11.7 Å². The van der Waals surface area contributed by atoms with Crippen LogP contribution in [-0.4, -0.2) is 43.4 Å². The summed E-state index contributed by atoms with van der Waals surface area (Å²) in [7, 11) is 1.26. The Kier molecular flexibility index (Phi) is 11.7. The highest BCUT2D eigenvalue weighted by molar-refractivity contribution is 7.07. The van der Waals surface area contributed by atoms with Crippen LogP contribution in [0.25, 0.3) is 6.08 Å². The molecule has 4 aromatic rings. The summed E-state index contributed by atoms with van der Waals surface area (Å²) >= 11 is 19.8.